The van der Waals surface area contributed by atoms with Gasteiger partial charge in [0.1, 0.15) is 4.32 Å². The van der Waals surface area contributed by atoms with Crippen LogP contribution in [0.5, 0.6) is 0 Å². The first-order valence-electron chi connectivity index (χ1n) is 12.2. The summed E-state index contributed by atoms with van der Waals surface area (Å²) in [6.07, 6.45) is 12.8. The van der Waals surface area contributed by atoms with Gasteiger partial charge in [-0.3, -0.25) is 14.5 Å². The van der Waals surface area contributed by atoms with E-state index in [1.54, 1.807) is 4.90 Å². The molecule has 4 saturated carbocycles. The number of thiocarbonyl (C=S) groups is 1. The fourth-order valence-corrected chi connectivity index (χ4v) is 8.19. The number of unbranched alkanes of at least 4 members (excludes halogenated alkanes) is 2. The summed E-state index contributed by atoms with van der Waals surface area (Å²) in [4.78, 5) is 27.8. The zero-order valence-corrected chi connectivity index (χ0v) is 21.2. The summed E-state index contributed by atoms with van der Waals surface area (Å²) in [5.41, 5.74) is 1.04. The Balaban J connectivity index is 1.04. The third kappa shape index (κ3) is 5.33. The van der Waals surface area contributed by atoms with E-state index in [1.165, 1.54) is 50.3 Å². The van der Waals surface area contributed by atoms with Crippen LogP contribution in [-0.4, -0.2) is 33.1 Å². The summed E-state index contributed by atoms with van der Waals surface area (Å²) < 4.78 is 0.611. The molecule has 4 aliphatic carbocycles. The molecule has 4 bridgehead atoms. The van der Waals surface area contributed by atoms with Crippen molar-refractivity contribution in [1.82, 2.24) is 10.2 Å². The number of carbonyl (C=O) groups is 2. The summed E-state index contributed by atoms with van der Waals surface area (Å²) >= 11 is 12.7. The van der Waals surface area contributed by atoms with E-state index in [2.05, 4.69) is 5.32 Å². The molecule has 5 aliphatic rings. The molecule has 0 radical (unpaired) electrons. The molecule has 2 amide bonds. The Morgan fingerprint density at radius 2 is 1.73 bits per heavy atom. The van der Waals surface area contributed by atoms with E-state index < -0.39 is 0 Å². The molecule has 1 saturated heterocycles. The Bertz CT molecular complexity index is 940. The maximum absolute atomic E-state index is 12.8. The molecular formula is C26H31ClN2O2S2. The maximum atomic E-state index is 12.8. The smallest absolute Gasteiger partial charge is 0.266 e. The van der Waals surface area contributed by atoms with Crippen molar-refractivity contribution in [2.45, 2.75) is 69.7 Å². The Morgan fingerprint density at radius 3 is 2.36 bits per heavy atom. The number of benzene rings is 1. The topological polar surface area (TPSA) is 49.4 Å². The van der Waals surface area contributed by atoms with Crippen LogP contribution in [0.2, 0.25) is 5.02 Å². The van der Waals surface area contributed by atoms with Crippen molar-refractivity contribution in [2.75, 3.05) is 6.54 Å². The second-order valence-electron chi connectivity index (χ2n) is 10.4. The van der Waals surface area contributed by atoms with E-state index in [-0.39, 0.29) is 17.4 Å². The Hall–Kier alpha value is -1.37. The summed E-state index contributed by atoms with van der Waals surface area (Å²) in [5, 5.41) is 4.13. The van der Waals surface area contributed by atoms with Crippen molar-refractivity contribution in [3.8, 4) is 0 Å². The predicted octanol–water partition coefficient (Wildman–Crippen LogP) is 6.19. The quantitative estimate of drug-likeness (QED) is 0.262. The van der Waals surface area contributed by atoms with Crippen LogP contribution >= 0.6 is 35.6 Å². The monoisotopic (exact) mass is 502 g/mol. The van der Waals surface area contributed by atoms with Crippen molar-refractivity contribution >= 4 is 57.8 Å². The average Bonchev–Trinajstić information content (AvgIpc) is 3.01. The summed E-state index contributed by atoms with van der Waals surface area (Å²) in [5.74, 6) is 2.72. The third-order valence-corrected chi connectivity index (χ3v) is 9.40. The van der Waals surface area contributed by atoms with Gasteiger partial charge in [0.25, 0.3) is 5.91 Å². The minimum atomic E-state index is -0.0282. The zero-order valence-electron chi connectivity index (χ0n) is 18.9. The van der Waals surface area contributed by atoms with Crippen LogP contribution in [0.3, 0.4) is 0 Å². The van der Waals surface area contributed by atoms with Crippen molar-refractivity contribution in [3.63, 3.8) is 0 Å². The number of hydrogen-bond acceptors (Lipinski definition) is 4. The molecule has 33 heavy (non-hydrogen) atoms. The van der Waals surface area contributed by atoms with Crippen LogP contribution < -0.4 is 5.32 Å². The lowest BCUT2D eigenvalue weighted by Crippen LogP contribution is -2.59. The number of nitrogens with one attached hydrogen (secondary N) is 1. The molecular weight excluding hydrogens is 472 g/mol. The van der Waals surface area contributed by atoms with Crippen LogP contribution in [0, 0.1) is 17.8 Å². The zero-order chi connectivity index (χ0) is 23.0. The van der Waals surface area contributed by atoms with Gasteiger partial charge in [-0.15, -0.1) is 0 Å². The number of halogens is 1. The van der Waals surface area contributed by atoms with Gasteiger partial charge in [-0.1, -0.05) is 54.1 Å². The molecule has 1 aromatic rings. The van der Waals surface area contributed by atoms with Crippen LogP contribution in [-0.2, 0) is 9.59 Å². The first-order valence-corrected chi connectivity index (χ1v) is 13.8. The van der Waals surface area contributed by atoms with Gasteiger partial charge in [-0.25, -0.2) is 0 Å². The summed E-state index contributed by atoms with van der Waals surface area (Å²) in [7, 11) is 0. The fourth-order valence-electron chi connectivity index (χ4n) is 6.76. The molecule has 7 heteroatoms. The van der Waals surface area contributed by atoms with Gasteiger partial charge in [0.2, 0.25) is 5.91 Å². The Kier molecular flexibility index (Phi) is 6.88. The lowest BCUT2D eigenvalue weighted by Gasteiger charge is -2.56. The average molecular weight is 503 g/mol. The lowest BCUT2D eigenvalue weighted by molar-refractivity contribution is -0.127. The molecule has 1 heterocycles. The Labute approximate surface area is 210 Å². The third-order valence-electron chi connectivity index (χ3n) is 7.77. The van der Waals surface area contributed by atoms with Crippen LogP contribution in [0.1, 0.15) is 69.8 Å². The molecule has 1 aliphatic heterocycles. The molecule has 1 aromatic carbocycles. The first kappa shape index (κ1) is 23.4. The van der Waals surface area contributed by atoms with Crippen LogP contribution in [0.4, 0.5) is 0 Å². The highest BCUT2D eigenvalue weighted by molar-refractivity contribution is 8.26. The minimum absolute atomic E-state index is 0.0282. The van der Waals surface area contributed by atoms with E-state index in [0.717, 1.165) is 42.6 Å². The molecule has 0 unspecified atom stereocenters. The largest absolute Gasteiger partial charge is 0.351 e. The molecule has 176 valence electrons. The van der Waals surface area contributed by atoms with Gasteiger partial charge in [-0.05, 0) is 92.9 Å². The number of nitrogens with zero attached hydrogens (tertiary/aromatic N) is 1. The van der Waals surface area contributed by atoms with Crippen molar-refractivity contribution in [2.24, 2.45) is 17.8 Å². The van der Waals surface area contributed by atoms with Crippen molar-refractivity contribution in [3.05, 3.63) is 39.8 Å². The van der Waals surface area contributed by atoms with Crippen molar-refractivity contribution < 1.29 is 9.59 Å². The standard InChI is InChI=1S/C26H31ClN2O2S2/c27-21-7-5-17(6-8-21)13-22-24(31)29(25(32)33-22)9-3-1-2-4-23(30)28-26-14-18-10-19(15-26)12-20(11-18)16-26/h5-8,13,18-20H,1-4,9-12,14-16H2,(H,28,30). The highest BCUT2D eigenvalue weighted by Crippen LogP contribution is 2.55. The van der Waals surface area contributed by atoms with Gasteiger partial charge in [0.15, 0.2) is 0 Å². The van der Waals surface area contributed by atoms with Gasteiger partial charge >= 0.3 is 0 Å². The minimum Gasteiger partial charge on any atom is -0.351 e. The highest BCUT2D eigenvalue weighted by Gasteiger charge is 2.51. The maximum Gasteiger partial charge on any atom is 0.266 e. The molecule has 0 aromatic heterocycles. The van der Waals surface area contributed by atoms with Gasteiger partial charge < -0.3 is 5.32 Å². The molecule has 0 spiro atoms. The fraction of sp³-hybridized carbons (Fsp3) is 0.577. The predicted molar refractivity (Wildman–Crippen MR) is 139 cm³/mol. The second kappa shape index (κ2) is 9.71. The summed E-state index contributed by atoms with van der Waals surface area (Å²) in [6, 6.07) is 7.41. The molecule has 0 atom stereocenters. The Morgan fingerprint density at radius 1 is 1.09 bits per heavy atom. The number of amides is 2. The van der Waals surface area contributed by atoms with Crippen LogP contribution in [0.15, 0.2) is 29.2 Å². The number of hydrogen-bond donors (Lipinski definition) is 1. The second-order valence-corrected chi connectivity index (χ2v) is 12.6. The van der Waals surface area contributed by atoms with Crippen LogP contribution in [0.25, 0.3) is 6.08 Å². The highest BCUT2D eigenvalue weighted by atomic mass is 35.5. The molecule has 1 N–H and O–H groups in total. The van der Waals surface area contributed by atoms with Gasteiger partial charge in [-0.2, -0.15) is 0 Å². The van der Waals surface area contributed by atoms with E-state index in [0.29, 0.717) is 27.2 Å². The number of carbonyl (C=O) groups excluding carboxylic acids is 2. The van der Waals surface area contributed by atoms with Gasteiger partial charge in [0.05, 0.1) is 4.91 Å². The number of thioether (sulfide) groups is 1. The molecule has 4 nitrogen and oxygen atoms in total. The van der Waals surface area contributed by atoms with E-state index in [9.17, 15) is 9.59 Å². The molecule has 5 fully saturated rings. The number of rotatable bonds is 8. The first-order chi connectivity index (χ1) is 15.9. The lowest BCUT2D eigenvalue weighted by atomic mass is 9.53. The molecule has 6 rings (SSSR count). The van der Waals surface area contributed by atoms with Gasteiger partial charge in [0, 0.05) is 23.5 Å². The van der Waals surface area contributed by atoms with E-state index in [1.807, 2.05) is 30.3 Å². The van der Waals surface area contributed by atoms with E-state index >= 15 is 0 Å². The van der Waals surface area contributed by atoms with Crippen molar-refractivity contribution in [1.29, 1.82) is 0 Å². The summed E-state index contributed by atoms with van der Waals surface area (Å²) in [6.45, 7) is 0.610. The normalized spacial score (nSPS) is 31.6. The SMILES string of the molecule is O=C(CCCCCN1C(=O)C(=Cc2ccc(Cl)cc2)SC1=S)NC12CC3CC(CC(C3)C1)C2. The van der Waals surface area contributed by atoms with E-state index in [4.69, 9.17) is 23.8 Å².